The molecule has 0 unspecified atom stereocenters. The number of rotatable bonds is 4. The minimum absolute atomic E-state index is 0.000890. The molecule has 1 aromatic rings. The van der Waals surface area contributed by atoms with Crippen molar-refractivity contribution in [2.75, 3.05) is 13.1 Å². The maximum Gasteiger partial charge on any atom is 0.389 e. The van der Waals surface area contributed by atoms with Crippen LogP contribution in [-0.2, 0) is 0 Å². The van der Waals surface area contributed by atoms with Crippen molar-refractivity contribution in [3.63, 3.8) is 0 Å². The van der Waals surface area contributed by atoms with E-state index < -0.39 is 12.6 Å². The first-order valence-electron chi connectivity index (χ1n) is 5.98. The molecule has 7 heteroatoms. The fourth-order valence-electron chi connectivity index (χ4n) is 1.43. The van der Waals surface area contributed by atoms with Crippen molar-refractivity contribution in [3.05, 3.63) is 21.4 Å². The van der Waals surface area contributed by atoms with Crippen LogP contribution in [0.1, 0.15) is 33.0 Å². The topological polar surface area (TPSA) is 55.1 Å². The van der Waals surface area contributed by atoms with Gasteiger partial charge in [-0.15, -0.1) is 11.3 Å². The van der Waals surface area contributed by atoms with Crippen LogP contribution >= 0.6 is 11.3 Å². The number of nitrogens with one attached hydrogen (secondary N) is 1. The smallest absolute Gasteiger partial charge is 0.351 e. The van der Waals surface area contributed by atoms with E-state index in [0.29, 0.717) is 4.88 Å². The summed E-state index contributed by atoms with van der Waals surface area (Å²) >= 11 is 1.21. The van der Waals surface area contributed by atoms with Crippen LogP contribution < -0.4 is 11.1 Å². The summed E-state index contributed by atoms with van der Waals surface area (Å²) in [4.78, 5) is 12.9. The van der Waals surface area contributed by atoms with E-state index >= 15 is 0 Å². The minimum Gasteiger partial charge on any atom is -0.351 e. The molecule has 1 heterocycles. The Labute approximate surface area is 119 Å². The third-order valence-corrected chi connectivity index (χ3v) is 3.52. The quantitative estimate of drug-likeness (QED) is 0.663. The van der Waals surface area contributed by atoms with Crippen molar-refractivity contribution >= 4 is 17.2 Å². The molecule has 3 N–H and O–H groups in total. The number of carbonyl (C=O) groups is 1. The number of amides is 1. The van der Waals surface area contributed by atoms with Crippen molar-refractivity contribution in [2.45, 2.75) is 25.9 Å². The Bertz CT molecular complexity index is 526. The predicted octanol–water partition coefficient (Wildman–Crippen LogP) is 2.44. The largest absolute Gasteiger partial charge is 0.389 e. The van der Waals surface area contributed by atoms with Crippen LogP contribution in [0.4, 0.5) is 13.2 Å². The van der Waals surface area contributed by atoms with Gasteiger partial charge in [-0.3, -0.25) is 4.79 Å². The number of carbonyl (C=O) groups excluding carboxylic acids is 1. The molecule has 0 aliphatic rings. The normalized spacial score (nSPS) is 10.8. The molecule has 0 fully saturated rings. The second-order valence-corrected chi connectivity index (χ2v) is 5.16. The highest BCUT2D eigenvalue weighted by Gasteiger charge is 2.26. The molecule has 110 valence electrons. The van der Waals surface area contributed by atoms with E-state index in [4.69, 9.17) is 5.73 Å². The van der Waals surface area contributed by atoms with E-state index in [1.807, 2.05) is 6.92 Å². The summed E-state index contributed by atoms with van der Waals surface area (Å²) in [5.74, 6) is 5.17. The van der Waals surface area contributed by atoms with Crippen molar-refractivity contribution in [3.8, 4) is 11.8 Å². The standard InChI is InChI=1S/C13H15F3N2OS/c1-9-8-11(20-10(9)4-2-6-17)12(19)18-7-3-5-13(14,15)16/h8H,3,5-7,17H2,1H3,(H,18,19). The third kappa shape index (κ3) is 5.63. The molecule has 1 rings (SSSR count). The lowest BCUT2D eigenvalue weighted by molar-refractivity contribution is -0.135. The Morgan fingerprint density at radius 1 is 1.50 bits per heavy atom. The summed E-state index contributed by atoms with van der Waals surface area (Å²) in [7, 11) is 0. The second kappa shape index (κ2) is 7.31. The molecule has 0 bridgehead atoms. The number of hydrogen-bond acceptors (Lipinski definition) is 3. The molecule has 0 saturated heterocycles. The van der Waals surface area contributed by atoms with Gasteiger partial charge < -0.3 is 11.1 Å². The zero-order valence-electron chi connectivity index (χ0n) is 10.9. The Morgan fingerprint density at radius 3 is 2.80 bits per heavy atom. The lowest BCUT2D eigenvalue weighted by Gasteiger charge is -2.06. The number of aryl methyl sites for hydroxylation is 1. The van der Waals surface area contributed by atoms with Gasteiger partial charge >= 0.3 is 6.18 Å². The highest BCUT2D eigenvalue weighted by Crippen LogP contribution is 2.22. The third-order valence-electron chi connectivity index (χ3n) is 2.37. The Balaban J connectivity index is 2.52. The average molecular weight is 304 g/mol. The minimum atomic E-state index is -4.19. The maximum absolute atomic E-state index is 11.9. The van der Waals surface area contributed by atoms with E-state index in [0.717, 1.165) is 10.4 Å². The molecule has 0 saturated carbocycles. The van der Waals surface area contributed by atoms with E-state index in [9.17, 15) is 18.0 Å². The summed E-state index contributed by atoms with van der Waals surface area (Å²) in [6.45, 7) is 2.05. The number of hydrogen-bond donors (Lipinski definition) is 2. The Kier molecular flexibility index (Phi) is 6.05. The van der Waals surface area contributed by atoms with Crippen LogP contribution in [0.25, 0.3) is 0 Å². The van der Waals surface area contributed by atoms with Crippen LogP contribution in [0.5, 0.6) is 0 Å². The van der Waals surface area contributed by atoms with E-state index in [1.165, 1.54) is 11.3 Å². The summed E-state index contributed by atoms with van der Waals surface area (Å²) in [6, 6.07) is 1.67. The van der Waals surface area contributed by atoms with Gasteiger partial charge in [-0.2, -0.15) is 13.2 Å². The zero-order chi connectivity index (χ0) is 15.2. The van der Waals surface area contributed by atoms with E-state index in [1.54, 1.807) is 6.07 Å². The van der Waals surface area contributed by atoms with Crippen LogP contribution in [-0.4, -0.2) is 25.2 Å². The first-order valence-corrected chi connectivity index (χ1v) is 6.79. The second-order valence-electron chi connectivity index (χ2n) is 4.10. The molecule has 0 spiro atoms. The van der Waals surface area contributed by atoms with E-state index in [-0.39, 0.29) is 25.4 Å². The SMILES string of the molecule is Cc1cc(C(=O)NCCCC(F)(F)F)sc1C#CCN. The van der Waals surface area contributed by atoms with Gasteiger partial charge in [0.1, 0.15) is 0 Å². The van der Waals surface area contributed by atoms with Gasteiger partial charge in [0.15, 0.2) is 0 Å². The molecule has 1 amide bonds. The zero-order valence-corrected chi connectivity index (χ0v) is 11.8. The van der Waals surface area contributed by atoms with Crippen LogP contribution in [0.2, 0.25) is 0 Å². The van der Waals surface area contributed by atoms with Gasteiger partial charge in [0.2, 0.25) is 0 Å². The molecule has 0 radical (unpaired) electrons. The summed E-state index contributed by atoms with van der Waals surface area (Å²) < 4.78 is 35.8. The average Bonchev–Trinajstić information content (AvgIpc) is 2.72. The maximum atomic E-state index is 11.9. The highest BCUT2D eigenvalue weighted by atomic mass is 32.1. The monoisotopic (exact) mass is 304 g/mol. The number of thiophene rings is 1. The van der Waals surface area contributed by atoms with Gasteiger partial charge in [-0.25, -0.2) is 0 Å². The lowest BCUT2D eigenvalue weighted by atomic mass is 10.2. The number of nitrogens with two attached hydrogens (primary N) is 1. The molecule has 1 aromatic heterocycles. The molecule has 3 nitrogen and oxygen atoms in total. The van der Waals surface area contributed by atoms with Crippen molar-refractivity contribution < 1.29 is 18.0 Å². The van der Waals surface area contributed by atoms with Crippen molar-refractivity contribution in [2.24, 2.45) is 5.73 Å². The lowest BCUT2D eigenvalue weighted by Crippen LogP contribution is -2.24. The molecular weight excluding hydrogens is 289 g/mol. The molecule has 0 aromatic carbocycles. The molecule has 0 aliphatic heterocycles. The number of halogens is 3. The van der Waals surface area contributed by atoms with Crippen LogP contribution in [0.3, 0.4) is 0 Å². The first-order chi connectivity index (χ1) is 9.33. The Hall–Kier alpha value is -1.52. The predicted molar refractivity (Wildman–Crippen MR) is 72.6 cm³/mol. The van der Waals surface area contributed by atoms with Gasteiger partial charge in [-0.1, -0.05) is 11.8 Å². The Morgan fingerprint density at radius 2 is 2.20 bits per heavy atom. The van der Waals surface area contributed by atoms with Crippen LogP contribution in [0, 0.1) is 18.8 Å². The fourth-order valence-corrected chi connectivity index (χ4v) is 2.39. The summed E-state index contributed by atoms with van der Waals surface area (Å²) in [6.07, 6.45) is -5.21. The van der Waals surface area contributed by atoms with E-state index in [2.05, 4.69) is 17.2 Å². The molecule has 20 heavy (non-hydrogen) atoms. The van der Waals surface area contributed by atoms with Gasteiger partial charge in [0.25, 0.3) is 5.91 Å². The molecule has 0 aliphatic carbocycles. The first kappa shape index (κ1) is 16.5. The van der Waals surface area contributed by atoms with Gasteiger partial charge in [0, 0.05) is 13.0 Å². The van der Waals surface area contributed by atoms with Crippen molar-refractivity contribution in [1.29, 1.82) is 0 Å². The fraction of sp³-hybridized carbons (Fsp3) is 0.462. The van der Waals surface area contributed by atoms with Crippen molar-refractivity contribution in [1.82, 2.24) is 5.32 Å². The summed E-state index contributed by atoms with van der Waals surface area (Å²) in [5, 5.41) is 2.47. The summed E-state index contributed by atoms with van der Waals surface area (Å²) in [5.41, 5.74) is 6.13. The highest BCUT2D eigenvalue weighted by molar-refractivity contribution is 7.14. The molecular formula is C13H15F3N2OS. The number of alkyl halides is 3. The van der Waals surface area contributed by atoms with Crippen LogP contribution in [0.15, 0.2) is 6.07 Å². The van der Waals surface area contributed by atoms with Gasteiger partial charge in [0.05, 0.1) is 16.3 Å². The van der Waals surface area contributed by atoms with Gasteiger partial charge in [-0.05, 0) is 25.0 Å². The molecule has 0 atom stereocenters.